The topological polar surface area (TPSA) is 72.5 Å². The van der Waals surface area contributed by atoms with Gasteiger partial charge in [-0.15, -0.1) is 0 Å². The highest BCUT2D eigenvalue weighted by Crippen LogP contribution is 2.24. The Labute approximate surface area is 66.1 Å². The molecule has 2 unspecified atom stereocenters. The van der Waals surface area contributed by atoms with Crippen molar-refractivity contribution in [3.05, 3.63) is 0 Å². The third-order valence-electron chi connectivity index (χ3n) is 1.19. The molecule has 0 saturated carbocycles. The standard InChI is InChI=1S/C5H8F3NO3/c1-12-3(5(6,7)8)2(9)4(10)11/h2-3H,9H2,1H3,(H,10,11). The molecular formula is C5H8F3NO3. The van der Waals surface area contributed by atoms with Crippen LogP contribution in [-0.4, -0.2) is 36.5 Å². The third-order valence-corrected chi connectivity index (χ3v) is 1.19. The molecule has 7 heteroatoms. The van der Waals surface area contributed by atoms with E-state index in [4.69, 9.17) is 10.8 Å². The molecule has 0 spiro atoms. The summed E-state index contributed by atoms with van der Waals surface area (Å²) in [4.78, 5) is 10.0. The number of aliphatic carboxylic acids is 1. The summed E-state index contributed by atoms with van der Waals surface area (Å²) in [6, 6.07) is -2.09. The first-order chi connectivity index (χ1) is 5.30. The van der Waals surface area contributed by atoms with Gasteiger partial charge in [0.05, 0.1) is 0 Å². The van der Waals surface area contributed by atoms with Crippen molar-refractivity contribution in [2.24, 2.45) is 5.73 Å². The molecule has 0 fully saturated rings. The van der Waals surface area contributed by atoms with Gasteiger partial charge in [-0.25, -0.2) is 0 Å². The van der Waals surface area contributed by atoms with Crippen LogP contribution in [0.25, 0.3) is 0 Å². The van der Waals surface area contributed by atoms with Gasteiger partial charge in [-0.3, -0.25) is 4.79 Å². The Hall–Kier alpha value is -0.820. The molecule has 0 aromatic heterocycles. The van der Waals surface area contributed by atoms with Gasteiger partial charge in [-0.1, -0.05) is 0 Å². The van der Waals surface area contributed by atoms with Gasteiger partial charge in [0.1, 0.15) is 6.04 Å². The highest BCUT2D eigenvalue weighted by atomic mass is 19.4. The van der Waals surface area contributed by atoms with Crippen molar-refractivity contribution < 1.29 is 27.8 Å². The number of halogens is 3. The van der Waals surface area contributed by atoms with Crippen molar-refractivity contribution in [3.63, 3.8) is 0 Å². The molecule has 12 heavy (non-hydrogen) atoms. The van der Waals surface area contributed by atoms with E-state index in [1.54, 1.807) is 0 Å². The number of alkyl halides is 3. The number of ether oxygens (including phenoxy) is 1. The number of methoxy groups -OCH3 is 1. The van der Waals surface area contributed by atoms with Crippen LogP contribution in [0.15, 0.2) is 0 Å². The monoisotopic (exact) mass is 187 g/mol. The molecule has 2 atom stereocenters. The normalized spacial score (nSPS) is 17.1. The predicted molar refractivity (Wildman–Crippen MR) is 32.5 cm³/mol. The minimum Gasteiger partial charge on any atom is -0.480 e. The van der Waals surface area contributed by atoms with E-state index < -0.39 is 24.3 Å². The van der Waals surface area contributed by atoms with E-state index in [1.165, 1.54) is 0 Å². The van der Waals surface area contributed by atoms with Crippen molar-refractivity contribution >= 4 is 5.97 Å². The summed E-state index contributed by atoms with van der Waals surface area (Å²) < 4.78 is 39.5. The lowest BCUT2D eigenvalue weighted by atomic mass is 10.1. The van der Waals surface area contributed by atoms with E-state index in [9.17, 15) is 18.0 Å². The van der Waals surface area contributed by atoms with Gasteiger partial charge in [0.25, 0.3) is 0 Å². The molecule has 0 saturated heterocycles. The lowest BCUT2D eigenvalue weighted by Crippen LogP contribution is -2.50. The minimum absolute atomic E-state index is 0.751. The Morgan fingerprint density at radius 1 is 1.58 bits per heavy atom. The van der Waals surface area contributed by atoms with Crippen LogP contribution in [-0.2, 0) is 9.53 Å². The smallest absolute Gasteiger partial charge is 0.416 e. The van der Waals surface area contributed by atoms with Gasteiger partial charge in [-0.2, -0.15) is 13.2 Å². The molecular weight excluding hydrogens is 179 g/mol. The molecule has 0 bridgehead atoms. The summed E-state index contributed by atoms with van der Waals surface area (Å²) in [5, 5.41) is 8.14. The molecule has 0 aliphatic rings. The molecule has 0 aromatic carbocycles. The number of nitrogens with two attached hydrogens (primary N) is 1. The van der Waals surface area contributed by atoms with E-state index in [0.29, 0.717) is 0 Å². The zero-order valence-electron chi connectivity index (χ0n) is 6.13. The second kappa shape index (κ2) is 3.72. The fourth-order valence-electron chi connectivity index (χ4n) is 0.613. The number of hydrogen-bond acceptors (Lipinski definition) is 3. The van der Waals surface area contributed by atoms with Crippen molar-refractivity contribution in [2.75, 3.05) is 7.11 Å². The molecule has 0 amide bonds. The van der Waals surface area contributed by atoms with Crippen LogP contribution < -0.4 is 5.73 Å². The quantitative estimate of drug-likeness (QED) is 0.651. The number of rotatable bonds is 3. The molecule has 3 N–H and O–H groups in total. The summed E-state index contributed by atoms with van der Waals surface area (Å²) in [6.45, 7) is 0. The van der Waals surface area contributed by atoms with Crippen LogP contribution in [0.5, 0.6) is 0 Å². The van der Waals surface area contributed by atoms with Gasteiger partial charge < -0.3 is 15.6 Å². The average Bonchev–Trinajstić information content (AvgIpc) is 1.85. The Balaban J connectivity index is 4.45. The molecule has 72 valence electrons. The molecule has 4 nitrogen and oxygen atoms in total. The first-order valence-corrected chi connectivity index (χ1v) is 2.88. The fourth-order valence-corrected chi connectivity index (χ4v) is 0.613. The Bertz CT molecular complexity index is 170. The first-order valence-electron chi connectivity index (χ1n) is 2.88. The summed E-state index contributed by atoms with van der Waals surface area (Å²) >= 11 is 0. The SMILES string of the molecule is COC(C(N)C(=O)O)C(F)(F)F. The molecule has 0 aliphatic heterocycles. The lowest BCUT2D eigenvalue weighted by Gasteiger charge is -2.21. The van der Waals surface area contributed by atoms with E-state index in [-0.39, 0.29) is 0 Å². The maximum Gasteiger partial charge on any atom is 0.416 e. The summed E-state index contributed by atoms with van der Waals surface area (Å²) in [6.07, 6.45) is -7.22. The molecule has 0 radical (unpaired) electrons. The number of carboxylic acid groups (broad SMARTS) is 1. The predicted octanol–water partition coefficient (Wildman–Crippen LogP) is -0.0244. The maximum absolute atomic E-state index is 11.9. The highest BCUT2D eigenvalue weighted by Gasteiger charge is 2.46. The Morgan fingerprint density at radius 3 is 2.08 bits per heavy atom. The van der Waals surface area contributed by atoms with Crippen molar-refractivity contribution in [2.45, 2.75) is 18.3 Å². The first kappa shape index (κ1) is 11.2. The van der Waals surface area contributed by atoms with E-state index in [0.717, 1.165) is 7.11 Å². The Morgan fingerprint density at radius 2 is 2.00 bits per heavy atom. The number of carboxylic acids is 1. The lowest BCUT2D eigenvalue weighted by molar-refractivity contribution is -0.221. The van der Waals surface area contributed by atoms with Crippen LogP contribution in [0.4, 0.5) is 13.2 Å². The van der Waals surface area contributed by atoms with Gasteiger partial charge in [-0.05, 0) is 0 Å². The molecule has 0 heterocycles. The molecule has 0 aromatic rings. The zero-order valence-corrected chi connectivity index (χ0v) is 6.13. The van der Waals surface area contributed by atoms with Crippen molar-refractivity contribution in [3.8, 4) is 0 Å². The van der Waals surface area contributed by atoms with Gasteiger partial charge in [0.15, 0.2) is 6.10 Å². The number of carbonyl (C=O) groups is 1. The Kier molecular flexibility index (Phi) is 3.47. The van der Waals surface area contributed by atoms with E-state index in [1.807, 2.05) is 0 Å². The van der Waals surface area contributed by atoms with Gasteiger partial charge in [0, 0.05) is 7.11 Å². The van der Waals surface area contributed by atoms with Gasteiger partial charge >= 0.3 is 12.1 Å². The van der Waals surface area contributed by atoms with Crippen molar-refractivity contribution in [1.82, 2.24) is 0 Å². The van der Waals surface area contributed by atoms with Crippen LogP contribution >= 0.6 is 0 Å². The van der Waals surface area contributed by atoms with Crippen molar-refractivity contribution in [1.29, 1.82) is 0 Å². The van der Waals surface area contributed by atoms with Gasteiger partial charge in [0.2, 0.25) is 0 Å². The minimum atomic E-state index is -4.76. The summed E-state index contributed by atoms with van der Waals surface area (Å²) in [5.41, 5.74) is 4.71. The van der Waals surface area contributed by atoms with Crippen LogP contribution in [0.1, 0.15) is 0 Å². The molecule has 0 rings (SSSR count). The molecule has 0 aliphatic carbocycles. The average molecular weight is 187 g/mol. The second-order valence-corrected chi connectivity index (χ2v) is 2.06. The third kappa shape index (κ3) is 2.67. The summed E-state index contributed by atoms with van der Waals surface area (Å²) in [7, 11) is 0.751. The second-order valence-electron chi connectivity index (χ2n) is 2.06. The van der Waals surface area contributed by atoms with E-state index in [2.05, 4.69) is 4.74 Å². The zero-order chi connectivity index (χ0) is 9.94. The maximum atomic E-state index is 11.9. The summed E-state index contributed by atoms with van der Waals surface area (Å²) in [5.74, 6) is -1.75. The van der Waals surface area contributed by atoms with E-state index >= 15 is 0 Å². The van der Waals surface area contributed by atoms with Crippen LogP contribution in [0.3, 0.4) is 0 Å². The number of hydrogen-bond donors (Lipinski definition) is 2. The fraction of sp³-hybridized carbons (Fsp3) is 0.800. The largest absolute Gasteiger partial charge is 0.480 e. The van der Waals surface area contributed by atoms with Crippen LogP contribution in [0, 0.1) is 0 Å². The van der Waals surface area contributed by atoms with Crippen LogP contribution in [0.2, 0.25) is 0 Å². The highest BCUT2D eigenvalue weighted by molar-refractivity contribution is 5.74.